The predicted molar refractivity (Wildman–Crippen MR) is 36.8 cm³/mol. The van der Waals surface area contributed by atoms with Crippen LogP contribution in [-0.4, -0.2) is 18.3 Å². The van der Waals surface area contributed by atoms with E-state index in [0.717, 1.165) is 0 Å². The zero-order valence-corrected chi connectivity index (χ0v) is 6.52. The molecular weight excluding hydrogens is 157 g/mol. The van der Waals surface area contributed by atoms with Crippen molar-refractivity contribution in [1.82, 2.24) is 0 Å². The Labute approximate surface area is 63.7 Å². The molecule has 5 heteroatoms. The maximum Gasteiger partial charge on any atom is 0.405 e. The first-order chi connectivity index (χ1) is 4.76. The van der Waals surface area contributed by atoms with Crippen LogP contribution in [0.25, 0.3) is 0 Å². The smallest absolute Gasteiger partial charge is 0.326 e. The molecule has 0 aliphatic rings. The Bertz CT molecular complexity index is 121. The Morgan fingerprint density at radius 1 is 1.09 bits per heavy atom. The van der Waals surface area contributed by atoms with Crippen molar-refractivity contribution in [2.45, 2.75) is 32.1 Å². The van der Waals surface area contributed by atoms with Crippen LogP contribution in [0, 0.1) is 5.92 Å². The summed E-state index contributed by atoms with van der Waals surface area (Å²) in [6, 6.07) is -2.93. The van der Waals surface area contributed by atoms with Gasteiger partial charge < -0.3 is 11.5 Å². The second kappa shape index (κ2) is 3.40. The molecule has 0 radical (unpaired) electrons. The summed E-state index contributed by atoms with van der Waals surface area (Å²) in [6.07, 6.45) is -4.39. The molecule has 4 N–H and O–H groups in total. The van der Waals surface area contributed by atoms with Gasteiger partial charge >= 0.3 is 6.18 Å². The third kappa shape index (κ3) is 3.07. The number of hydrogen-bond acceptors (Lipinski definition) is 2. The Balaban J connectivity index is 4.13. The van der Waals surface area contributed by atoms with Crippen LogP contribution in [0.3, 0.4) is 0 Å². The summed E-state index contributed by atoms with van der Waals surface area (Å²) in [6.45, 7) is 3.21. The Hall–Kier alpha value is -0.290. The van der Waals surface area contributed by atoms with Crippen LogP contribution < -0.4 is 11.5 Å². The van der Waals surface area contributed by atoms with Crippen molar-refractivity contribution < 1.29 is 13.2 Å². The molecule has 68 valence electrons. The molecule has 2 nitrogen and oxygen atoms in total. The van der Waals surface area contributed by atoms with Crippen molar-refractivity contribution in [1.29, 1.82) is 0 Å². The second-order valence-electron chi connectivity index (χ2n) is 2.89. The number of halogens is 3. The highest BCUT2D eigenvalue weighted by molar-refractivity contribution is 4.84. The van der Waals surface area contributed by atoms with E-state index in [9.17, 15) is 13.2 Å². The lowest BCUT2D eigenvalue weighted by molar-refractivity contribution is -0.154. The van der Waals surface area contributed by atoms with Gasteiger partial charge in [-0.3, -0.25) is 0 Å². The number of nitrogens with two attached hydrogens (primary N) is 2. The first-order valence-electron chi connectivity index (χ1n) is 3.34. The van der Waals surface area contributed by atoms with Crippen molar-refractivity contribution in [2.75, 3.05) is 0 Å². The zero-order valence-electron chi connectivity index (χ0n) is 6.52. The molecule has 0 amide bonds. The summed E-state index contributed by atoms with van der Waals surface area (Å²) in [5, 5.41) is 0. The van der Waals surface area contributed by atoms with Gasteiger partial charge in [-0.25, -0.2) is 0 Å². The lowest BCUT2D eigenvalue weighted by atomic mass is 9.98. The summed E-state index contributed by atoms with van der Waals surface area (Å²) in [5.74, 6) is -0.258. The average molecular weight is 170 g/mol. The van der Waals surface area contributed by atoms with Crippen LogP contribution in [0.15, 0.2) is 0 Å². The van der Waals surface area contributed by atoms with Crippen molar-refractivity contribution in [3.8, 4) is 0 Å². The third-order valence-electron chi connectivity index (χ3n) is 1.56. The molecule has 0 fully saturated rings. The quantitative estimate of drug-likeness (QED) is 0.645. The van der Waals surface area contributed by atoms with E-state index in [1.807, 2.05) is 0 Å². The first kappa shape index (κ1) is 10.7. The molecular formula is C6H13F3N2. The SMILES string of the molecule is CC(C)[C@@H](N)[C@@H](N)C(F)(F)F. The minimum Gasteiger partial charge on any atom is -0.326 e. The van der Waals surface area contributed by atoms with Crippen LogP contribution in [0.4, 0.5) is 13.2 Å². The van der Waals surface area contributed by atoms with E-state index in [1.54, 1.807) is 13.8 Å². The molecule has 0 aliphatic heterocycles. The molecule has 0 bridgehead atoms. The van der Waals surface area contributed by atoms with Crippen molar-refractivity contribution >= 4 is 0 Å². The van der Waals surface area contributed by atoms with Crippen LogP contribution >= 0.6 is 0 Å². The van der Waals surface area contributed by atoms with Crippen LogP contribution in [-0.2, 0) is 0 Å². The molecule has 11 heavy (non-hydrogen) atoms. The summed E-state index contributed by atoms with van der Waals surface area (Å²) in [7, 11) is 0. The van der Waals surface area contributed by atoms with Crippen LogP contribution in [0.2, 0.25) is 0 Å². The predicted octanol–water partition coefficient (Wildman–Crippen LogP) is 0.859. The summed E-state index contributed by atoms with van der Waals surface area (Å²) in [4.78, 5) is 0. The topological polar surface area (TPSA) is 52.0 Å². The second-order valence-corrected chi connectivity index (χ2v) is 2.89. The van der Waals surface area contributed by atoms with Crippen molar-refractivity contribution in [2.24, 2.45) is 17.4 Å². The number of rotatable bonds is 2. The van der Waals surface area contributed by atoms with E-state index < -0.39 is 18.3 Å². The fraction of sp³-hybridized carbons (Fsp3) is 1.00. The highest BCUT2D eigenvalue weighted by atomic mass is 19.4. The minimum absolute atomic E-state index is 0.258. The Kier molecular flexibility index (Phi) is 3.31. The standard InChI is InChI=1S/C6H13F3N2/c1-3(2)4(10)5(11)6(7,8)9/h3-5H,10-11H2,1-2H3/t4-,5-/m1/s1. The maximum absolute atomic E-state index is 11.9. The summed E-state index contributed by atoms with van der Waals surface area (Å²) in [5.41, 5.74) is 10.0. The van der Waals surface area contributed by atoms with Gasteiger partial charge in [0.15, 0.2) is 0 Å². The lowest BCUT2D eigenvalue weighted by Gasteiger charge is -2.24. The molecule has 0 spiro atoms. The first-order valence-corrected chi connectivity index (χ1v) is 3.34. The Morgan fingerprint density at radius 2 is 1.45 bits per heavy atom. The molecule has 0 unspecified atom stereocenters. The number of alkyl halides is 3. The van der Waals surface area contributed by atoms with E-state index in [4.69, 9.17) is 11.5 Å². The van der Waals surface area contributed by atoms with Gasteiger partial charge in [-0.05, 0) is 5.92 Å². The fourth-order valence-electron chi connectivity index (χ4n) is 0.633. The third-order valence-corrected chi connectivity index (χ3v) is 1.56. The fourth-order valence-corrected chi connectivity index (χ4v) is 0.633. The average Bonchev–Trinajstić information content (AvgIpc) is 1.82. The van der Waals surface area contributed by atoms with Gasteiger partial charge in [0.05, 0.1) is 0 Å². The van der Waals surface area contributed by atoms with E-state index in [-0.39, 0.29) is 5.92 Å². The molecule has 0 rings (SSSR count). The van der Waals surface area contributed by atoms with Crippen LogP contribution in [0.1, 0.15) is 13.8 Å². The van der Waals surface area contributed by atoms with E-state index in [2.05, 4.69) is 0 Å². The maximum atomic E-state index is 11.9. The number of hydrogen-bond donors (Lipinski definition) is 2. The van der Waals surface area contributed by atoms with Gasteiger partial charge in [-0.1, -0.05) is 13.8 Å². The normalized spacial score (nSPS) is 18.5. The van der Waals surface area contributed by atoms with Gasteiger partial charge in [0.25, 0.3) is 0 Å². The monoisotopic (exact) mass is 170 g/mol. The molecule has 0 aliphatic carbocycles. The van der Waals surface area contributed by atoms with Gasteiger partial charge in [0, 0.05) is 6.04 Å². The molecule has 0 aromatic carbocycles. The molecule has 0 heterocycles. The van der Waals surface area contributed by atoms with Crippen molar-refractivity contribution in [3.05, 3.63) is 0 Å². The van der Waals surface area contributed by atoms with Gasteiger partial charge in [0.2, 0.25) is 0 Å². The van der Waals surface area contributed by atoms with Gasteiger partial charge in [-0.2, -0.15) is 13.2 Å². The van der Waals surface area contributed by atoms with Crippen molar-refractivity contribution in [3.63, 3.8) is 0 Å². The molecule has 0 aromatic rings. The van der Waals surface area contributed by atoms with Gasteiger partial charge in [-0.15, -0.1) is 0 Å². The molecule has 0 saturated heterocycles. The van der Waals surface area contributed by atoms with E-state index in [0.29, 0.717) is 0 Å². The molecule has 2 atom stereocenters. The summed E-state index contributed by atoms with van der Waals surface area (Å²) < 4.78 is 35.6. The zero-order chi connectivity index (χ0) is 9.23. The van der Waals surface area contributed by atoms with Crippen LogP contribution in [0.5, 0.6) is 0 Å². The largest absolute Gasteiger partial charge is 0.405 e. The Morgan fingerprint density at radius 3 is 1.55 bits per heavy atom. The van der Waals surface area contributed by atoms with E-state index in [1.165, 1.54) is 0 Å². The molecule has 0 saturated carbocycles. The summed E-state index contributed by atoms with van der Waals surface area (Å²) >= 11 is 0. The van der Waals surface area contributed by atoms with E-state index >= 15 is 0 Å². The van der Waals surface area contributed by atoms with Gasteiger partial charge in [0.1, 0.15) is 6.04 Å². The minimum atomic E-state index is -4.39. The highest BCUT2D eigenvalue weighted by Crippen LogP contribution is 2.22. The highest BCUT2D eigenvalue weighted by Gasteiger charge is 2.41. The lowest BCUT2D eigenvalue weighted by Crippen LogP contribution is -2.53. The molecule has 0 aromatic heterocycles.